The third kappa shape index (κ3) is 3.97. The summed E-state index contributed by atoms with van der Waals surface area (Å²) in [7, 11) is 0.475. The molecule has 1 N–H and O–H groups in total. The lowest BCUT2D eigenvalue weighted by Crippen LogP contribution is -2.34. The molecule has 0 bridgehead atoms. The van der Waals surface area contributed by atoms with Gasteiger partial charge in [0, 0.05) is 6.04 Å². The van der Waals surface area contributed by atoms with Crippen LogP contribution < -0.4 is 9.46 Å². The first-order valence-corrected chi connectivity index (χ1v) is 7.30. The van der Waals surface area contributed by atoms with Crippen LogP contribution in [0.2, 0.25) is 5.02 Å². The molecule has 0 aromatic heterocycles. The highest BCUT2D eigenvalue weighted by molar-refractivity contribution is 7.84. The number of ether oxygens (including phenoxy) is 1. The molecule has 0 aliphatic heterocycles. The first kappa shape index (κ1) is 15.5. The van der Waals surface area contributed by atoms with Crippen LogP contribution in [0, 0.1) is 0 Å². The lowest BCUT2D eigenvalue weighted by molar-refractivity contribution is 0.414. The summed E-state index contributed by atoms with van der Waals surface area (Å²) in [5, 5.41) is 0.560. The highest BCUT2D eigenvalue weighted by Crippen LogP contribution is 2.28. The van der Waals surface area contributed by atoms with Crippen LogP contribution in [-0.2, 0) is 11.0 Å². The van der Waals surface area contributed by atoms with E-state index in [9.17, 15) is 4.21 Å². The van der Waals surface area contributed by atoms with Crippen molar-refractivity contribution in [3.63, 3.8) is 0 Å². The molecule has 0 aliphatic carbocycles. The van der Waals surface area contributed by atoms with Crippen LogP contribution in [0.25, 0.3) is 0 Å². The molecule has 0 fully saturated rings. The maximum absolute atomic E-state index is 12.0. The standard InChI is InChI=1S/C13H20ClNO2S/c1-9(15-18(16)13(2,3)4)10-6-7-12(17-5)11(14)8-10/h6-9,15H,1-5H3/t9-,18-/m0/s1. The van der Waals surface area contributed by atoms with Gasteiger partial charge in [0.15, 0.2) is 0 Å². The van der Waals surface area contributed by atoms with Crippen LogP contribution in [0.4, 0.5) is 0 Å². The molecule has 1 aromatic carbocycles. The van der Waals surface area contributed by atoms with Crippen molar-refractivity contribution in [1.29, 1.82) is 0 Å². The maximum atomic E-state index is 12.0. The fourth-order valence-electron chi connectivity index (χ4n) is 1.36. The molecule has 0 saturated heterocycles. The maximum Gasteiger partial charge on any atom is 0.137 e. The van der Waals surface area contributed by atoms with E-state index in [1.54, 1.807) is 7.11 Å². The van der Waals surface area contributed by atoms with Crippen molar-refractivity contribution in [2.45, 2.75) is 38.5 Å². The minimum atomic E-state index is -1.11. The zero-order valence-electron chi connectivity index (χ0n) is 11.4. The fraction of sp³-hybridized carbons (Fsp3) is 0.538. The van der Waals surface area contributed by atoms with Gasteiger partial charge in [-0.1, -0.05) is 17.7 Å². The van der Waals surface area contributed by atoms with Crippen LogP contribution in [0.3, 0.4) is 0 Å². The number of methoxy groups -OCH3 is 1. The predicted molar refractivity (Wildman–Crippen MR) is 77.5 cm³/mol. The molecule has 0 amide bonds. The SMILES string of the molecule is COc1ccc([C@H](C)N[S@@](=O)C(C)(C)C)cc1Cl. The summed E-state index contributed by atoms with van der Waals surface area (Å²) < 4.78 is 19.9. The summed E-state index contributed by atoms with van der Waals surface area (Å²) in [5.41, 5.74) is 0.985. The van der Waals surface area contributed by atoms with Crippen LogP contribution in [-0.4, -0.2) is 16.1 Å². The Morgan fingerprint density at radius 2 is 2.00 bits per heavy atom. The van der Waals surface area contributed by atoms with Gasteiger partial charge in [0.1, 0.15) is 5.75 Å². The van der Waals surface area contributed by atoms with Crippen molar-refractivity contribution in [1.82, 2.24) is 4.72 Å². The molecule has 0 unspecified atom stereocenters. The van der Waals surface area contributed by atoms with Crippen LogP contribution in [0.15, 0.2) is 18.2 Å². The quantitative estimate of drug-likeness (QED) is 0.922. The molecule has 1 rings (SSSR count). The number of hydrogen-bond donors (Lipinski definition) is 1. The van der Waals surface area contributed by atoms with Crippen molar-refractivity contribution in [3.8, 4) is 5.75 Å². The topological polar surface area (TPSA) is 38.3 Å². The molecule has 0 radical (unpaired) electrons. The molecule has 102 valence electrons. The van der Waals surface area contributed by atoms with E-state index < -0.39 is 11.0 Å². The van der Waals surface area contributed by atoms with E-state index in [-0.39, 0.29) is 10.8 Å². The lowest BCUT2D eigenvalue weighted by Gasteiger charge is -2.22. The summed E-state index contributed by atoms with van der Waals surface area (Å²) in [6, 6.07) is 5.53. The van der Waals surface area contributed by atoms with Crippen molar-refractivity contribution in [3.05, 3.63) is 28.8 Å². The van der Waals surface area contributed by atoms with Gasteiger partial charge < -0.3 is 4.74 Å². The van der Waals surface area contributed by atoms with E-state index in [0.29, 0.717) is 10.8 Å². The Balaban J connectivity index is 2.82. The smallest absolute Gasteiger partial charge is 0.137 e. The molecule has 0 spiro atoms. The molecule has 3 nitrogen and oxygen atoms in total. The van der Waals surface area contributed by atoms with Gasteiger partial charge in [0.2, 0.25) is 0 Å². The van der Waals surface area contributed by atoms with E-state index in [1.165, 1.54) is 0 Å². The van der Waals surface area contributed by atoms with Gasteiger partial charge in [0.25, 0.3) is 0 Å². The highest BCUT2D eigenvalue weighted by Gasteiger charge is 2.21. The molecular weight excluding hydrogens is 270 g/mol. The first-order chi connectivity index (χ1) is 8.25. The third-order valence-corrected chi connectivity index (χ3v) is 4.49. The molecular formula is C13H20ClNO2S. The molecule has 0 saturated carbocycles. The van der Waals surface area contributed by atoms with Crippen molar-refractivity contribution in [2.75, 3.05) is 7.11 Å². The summed E-state index contributed by atoms with van der Waals surface area (Å²) in [6.45, 7) is 7.76. The Hall–Kier alpha value is -0.580. The van der Waals surface area contributed by atoms with E-state index in [4.69, 9.17) is 16.3 Å². The van der Waals surface area contributed by atoms with Gasteiger partial charge >= 0.3 is 0 Å². The minimum Gasteiger partial charge on any atom is -0.495 e. The number of halogens is 1. The second kappa shape index (κ2) is 6.04. The largest absolute Gasteiger partial charge is 0.495 e. The molecule has 5 heteroatoms. The number of hydrogen-bond acceptors (Lipinski definition) is 2. The monoisotopic (exact) mass is 289 g/mol. The van der Waals surface area contributed by atoms with E-state index >= 15 is 0 Å². The zero-order valence-corrected chi connectivity index (χ0v) is 13.0. The van der Waals surface area contributed by atoms with E-state index in [2.05, 4.69) is 4.72 Å². The molecule has 0 heterocycles. The summed E-state index contributed by atoms with van der Waals surface area (Å²) in [4.78, 5) is 0. The van der Waals surface area contributed by atoms with Gasteiger partial charge in [-0.15, -0.1) is 0 Å². The Kier molecular flexibility index (Phi) is 5.20. The third-order valence-electron chi connectivity index (χ3n) is 2.52. The zero-order chi connectivity index (χ0) is 13.9. The van der Waals surface area contributed by atoms with Gasteiger partial charge in [-0.3, -0.25) is 0 Å². The fourth-order valence-corrected chi connectivity index (χ4v) is 2.43. The number of nitrogens with one attached hydrogen (secondary N) is 1. The first-order valence-electron chi connectivity index (χ1n) is 5.77. The molecule has 1 aromatic rings. The Labute approximate surface area is 116 Å². The Morgan fingerprint density at radius 3 is 2.44 bits per heavy atom. The number of benzene rings is 1. The summed E-state index contributed by atoms with van der Waals surface area (Å²) >= 11 is 6.07. The predicted octanol–water partition coefficient (Wildman–Crippen LogP) is 3.46. The Morgan fingerprint density at radius 1 is 1.39 bits per heavy atom. The van der Waals surface area contributed by atoms with Crippen molar-refractivity contribution < 1.29 is 8.95 Å². The second-order valence-electron chi connectivity index (χ2n) is 5.11. The average molecular weight is 290 g/mol. The van der Waals surface area contributed by atoms with E-state index in [1.807, 2.05) is 45.9 Å². The normalized spacial score (nSPS) is 15.2. The summed E-state index contributed by atoms with van der Waals surface area (Å²) in [6.07, 6.45) is 0. The van der Waals surface area contributed by atoms with Gasteiger partial charge in [-0.05, 0) is 45.4 Å². The highest BCUT2D eigenvalue weighted by atomic mass is 35.5. The van der Waals surface area contributed by atoms with Crippen LogP contribution in [0.1, 0.15) is 39.3 Å². The Bertz CT molecular complexity index is 443. The van der Waals surface area contributed by atoms with Crippen LogP contribution in [0.5, 0.6) is 5.75 Å². The van der Waals surface area contributed by atoms with Crippen molar-refractivity contribution >= 4 is 22.6 Å². The van der Waals surface area contributed by atoms with Gasteiger partial charge in [0.05, 0.1) is 27.9 Å². The van der Waals surface area contributed by atoms with Crippen LogP contribution >= 0.6 is 11.6 Å². The second-order valence-corrected chi connectivity index (χ2v) is 7.52. The molecule has 0 aliphatic rings. The van der Waals surface area contributed by atoms with Gasteiger partial charge in [-0.25, -0.2) is 8.93 Å². The molecule has 18 heavy (non-hydrogen) atoms. The number of rotatable bonds is 4. The van der Waals surface area contributed by atoms with Gasteiger partial charge in [-0.2, -0.15) is 0 Å². The minimum absolute atomic E-state index is 0.0338. The van der Waals surface area contributed by atoms with E-state index in [0.717, 1.165) is 5.56 Å². The summed E-state index contributed by atoms with van der Waals surface area (Å²) in [5.74, 6) is 0.643. The van der Waals surface area contributed by atoms with Crippen molar-refractivity contribution in [2.24, 2.45) is 0 Å². The lowest BCUT2D eigenvalue weighted by atomic mass is 10.1. The average Bonchev–Trinajstić information content (AvgIpc) is 2.27. The molecule has 2 atom stereocenters.